The Balaban J connectivity index is 2.97. The molecule has 0 heterocycles. The van der Waals surface area contributed by atoms with Gasteiger partial charge in [-0.3, -0.25) is 0 Å². The second kappa shape index (κ2) is 9.09. The Hall–Kier alpha value is 0. The molecule has 0 bridgehead atoms. The third-order valence-corrected chi connectivity index (χ3v) is 2.40. The average molecular weight is 169 g/mol. The minimum absolute atomic E-state index is 0.844. The molecule has 1 unspecified atom stereocenters. The highest BCUT2D eigenvalue weighted by Gasteiger charge is 1.99. The van der Waals surface area contributed by atoms with E-state index in [2.05, 4.69) is 27.2 Å². The molecule has 12 heavy (non-hydrogen) atoms. The Kier molecular flexibility index (Phi) is 9.09. The summed E-state index contributed by atoms with van der Waals surface area (Å²) < 4.78 is 0. The molecule has 0 fully saturated rings. The van der Waals surface area contributed by atoms with Crippen LogP contribution in [0.15, 0.2) is 0 Å². The number of unbranched alkanes of at least 4 members (excludes halogenated alkanes) is 4. The normalized spacial score (nSPS) is 13.2. The maximum absolute atomic E-state index is 2.43. The van der Waals surface area contributed by atoms with Crippen molar-refractivity contribution in [1.82, 2.24) is 0 Å². The van der Waals surface area contributed by atoms with Crippen molar-refractivity contribution in [3.63, 3.8) is 0 Å². The number of hydrogen-bond donors (Lipinski definition) is 0. The molecular weight excluding hydrogens is 144 g/mol. The Labute approximate surface area is 78.8 Å². The predicted octanol–water partition coefficient (Wildman–Crippen LogP) is 4.60. The Morgan fingerprint density at radius 3 is 2.25 bits per heavy atom. The van der Waals surface area contributed by atoms with Crippen LogP contribution < -0.4 is 0 Å². The summed E-state index contributed by atoms with van der Waals surface area (Å²) in [6, 6.07) is 0. The largest absolute Gasteiger partial charge is 0.0654 e. The van der Waals surface area contributed by atoms with Gasteiger partial charge in [0.05, 0.1) is 0 Å². The van der Waals surface area contributed by atoms with E-state index in [0.717, 1.165) is 5.92 Å². The van der Waals surface area contributed by atoms with Crippen molar-refractivity contribution >= 4 is 0 Å². The van der Waals surface area contributed by atoms with E-state index < -0.39 is 0 Å². The highest BCUT2D eigenvalue weighted by Crippen LogP contribution is 2.14. The van der Waals surface area contributed by atoms with E-state index >= 15 is 0 Å². The van der Waals surface area contributed by atoms with E-state index in [1.807, 2.05) is 0 Å². The third kappa shape index (κ3) is 8.10. The molecule has 1 atom stereocenters. The molecule has 73 valence electrons. The maximum atomic E-state index is 2.43. The highest BCUT2D eigenvalue weighted by molar-refractivity contribution is 4.69. The summed E-state index contributed by atoms with van der Waals surface area (Å²) in [7, 11) is 0. The molecule has 1 radical (unpaired) electrons. The quantitative estimate of drug-likeness (QED) is 0.466. The fraction of sp³-hybridized carbons (Fsp3) is 0.917. The van der Waals surface area contributed by atoms with Gasteiger partial charge in [-0.05, 0) is 12.3 Å². The van der Waals surface area contributed by atoms with Gasteiger partial charge >= 0.3 is 0 Å². The molecule has 0 aliphatic rings. The lowest BCUT2D eigenvalue weighted by molar-refractivity contribution is 0.522. The van der Waals surface area contributed by atoms with Crippen LogP contribution in [0, 0.1) is 12.3 Å². The summed E-state index contributed by atoms with van der Waals surface area (Å²) in [5.41, 5.74) is 0. The van der Waals surface area contributed by atoms with Crippen LogP contribution in [0.2, 0.25) is 0 Å². The van der Waals surface area contributed by atoms with Crippen LogP contribution in [-0.4, -0.2) is 0 Å². The second-order valence-electron chi connectivity index (χ2n) is 3.82. The van der Waals surface area contributed by atoms with Crippen LogP contribution in [-0.2, 0) is 0 Å². The van der Waals surface area contributed by atoms with Gasteiger partial charge in [-0.15, -0.1) is 0 Å². The fourth-order valence-electron chi connectivity index (χ4n) is 1.59. The molecule has 0 nitrogen and oxygen atoms in total. The van der Waals surface area contributed by atoms with Crippen molar-refractivity contribution in [3.8, 4) is 0 Å². The van der Waals surface area contributed by atoms with E-state index in [1.54, 1.807) is 0 Å². The minimum Gasteiger partial charge on any atom is -0.0654 e. The molecule has 0 saturated heterocycles. The Morgan fingerprint density at radius 2 is 1.67 bits per heavy atom. The zero-order valence-corrected chi connectivity index (χ0v) is 9.10. The van der Waals surface area contributed by atoms with Gasteiger partial charge < -0.3 is 0 Å². The van der Waals surface area contributed by atoms with Crippen molar-refractivity contribution in [2.24, 2.45) is 5.92 Å². The Morgan fingerprint density at radius 1 is 1.00 bits per heavy atom. The fourth-order valence-corrected chi connectivity index (χ4v) is 1.59. The molecule has 0 aliphatic heterocycles. The molecule has 0 rings (SSSR count). The molecule has 0 N–H and O–H groups in total. The van der Waals surface area contributed by atoms with Crippen LogP contribution >= 0.6 is 0 Å². The molecule has 0 saturated carbocycles. The van der Waals surface area contributed by atoms with Gasteiger partial charge in [0, 0.05) is 0 Å². The summed E-state index contributed by atoms with van der Waals surface area (Å²) in [6.45, 7) is 6.84. The smallest absolute Gasteiger partial charge is 0.0360 e. The van der Waals surface area contributed by atoms with E-state index in [1.165, 1.54) is 44.9 Å². The van der Waals surface area contributed by atoms with Gasteiger partial charge in [0.2, 0.25) is 0 Å². The molecule has 0 aliphatic carbocycles. The van der Waals surface area contributed by atoms with Gasteiger partial charge in [0.15, 0.2) is 0 Å². The molecule has 0 aromatic rings. The van der Waals surface area contributed by atoms with Crippen LogP contribution in [0.1, 0.15) is 65.7 Å². The summed E-state index contributed by atoms with van der Waals surface area (Å²) in [5, 5.41) is 0. The molecule has 0 aromatic carbocycles. The summed E-state index contributed by atoms with van der Waals surface area (Å²) in [5.74, 6) is 0.844. The monoisotopic (exact) mass is 169 g/mol. The van der Waals surface area contributed by atoms with Gasteiger partial charge in [-0.25, -0.2) is 0 Å². The van der Waals surface area contributed by atoms with E-state index in [-0.39, 0.29) is 0 Å². The lowest BCUT2D eigenvalue weighted by atomic mass is 9.98. The van der Waals surface area contributed by atoms with Crippen molar-refractivity contribution in [2.75, 3.05) is 0 Å². The van der Waals surface area contributed by atoms with E-state index in [0.29, 0.717) is 0 Å². The van der Waals surface area contributed by atoms with Crippen LogP contribution in [0.5, 0.6) is 0 Å². The van der Waals surface area contributed by atoms with Gasteiger partial charge in [0.25, 0.3) is 0 Å². The first-order chi connectivity index (χ1) is 5.81. The maximum Gasteiger partial charge on any atom is -0.0360 e. The first-order valence-corrected chi connectivity index (χ1v) is 5.64. The molecular formula is C12H25. The van der Waals surface area contributed by atoms with Gasteiger partial charge in [-0.1, -0.05) is 65.7 Å². The first-order valence-electron chi connectivity index (χ1n) is 5.64. The summed E-state index contributed by atoms with van der Waals surface area (Å²) in [6.07, 6.45) is 12.2. The zero-order valence-electron chi connectivity index (χ0n) is 9.10. The Bertz CT molecular complexity index is 76.1. The van der Waals surface area contributed by atoms with Crippen LogP contribution in [0.3, 0.4) is 0 Å². The SMILES string of the molecule is CC[CH]C(C)CCCCCCC. The molecule has 0 spiro atoms. The predicted molar refractivity (Wildman–Crippen MR) is 57.1 cm³/mol. The lowest BCUT2D eigenvalue weighted by Gasteiger charge is -2.08. The lowest BCUT2D eigenvalue weighted by Crippen LogP contribution is -1.94. The average Bonchev–Trinajstić information content (AvgIpc) is 2.05. The van der Waals surface area contributed by atoms with Crippen molar-refractivity contribution < 1.29 is 0 Å². The molecule has 0 heteroatoms. The number of rotatable bonds is 8. The minimum atomic E-state index is 0.844. The van der Waals surface area contributed by atoms with Crippen molar-refractivity contribution in [2.45, 2.75) is 65.7 Å². The summed E-state index contributed by atoms with van der Waals surface area (Å²) >= 11 is 0. The first kappa shape index (κ1) is 12.0. The van der Waals surface area contributed by atoms with Gasteiger partial charge in [0.1, 0.15) is 0 Å². The van der Waals surface area contributed by atoms with Crippen molar-refractivity contribution in [3.05, 3.63) is 6.42 Å². The topological polar surface area (TPSA) is 0 Å². The molecule has 0 amide bonds. The van der Waals surface area contributed by atoms with E-state index in [9.17, 15) is 0 Å². The zero-order chi connectivity index (χ0) is 9.23. The standard InChI is InChI=1S/C12H25/c1-4-6-7-8-9-11-12(3)10-5-2/h10,12H,4-9,11H2,1-3H3. The second-order valence-corrected chi connectivity index (χ2v) is 3.82. The van der Waals surface area contributed by atoms with Crippen molar-refractivity contribution in [1.29, 1.82) is 0 Å². The van der Waals surface area contributed by atoms with Crippen LogP contribution in [0.25, 0.3) is 0 Å². The summed E-state index contributed by atoms with van der Waals surface area (Å²) in [4.78, 5) is 0. The number of hydrogen-bond acceptors (Lipinski definition) is 0. The highest BCUT2D eigenvalue weighted by atomic mass is 14.0. The van der Waals surface area contributed by atoms with Gasteiger partial charge in [-0.2, -0.15) is 0 Å². The van der Waals surface area contributed by atoms with Crippen LogP contribution in [0.4, 0.5) is 0 Å². The van der Waals surface area contributed by atoms with E-state index in [4.69, 9.17) is 0 Å². The molecule has 0 aromatic heterocycles. The third-order valence-electron chi connectivity index (χ3n) is 2.40.